The number of ether oxygens (including phenoxy) is 4. The summed E-state index contributed by atoms with van der Waals surface area (Å²) in [5, 5.41) is 4.08. The first kappa shape index (κ1) is 25.1. The van der Waals surface area contributed by atoms with Crippen LogP contribution in [0, 0.1) is 6.92 Å². The van der Waals surface area contributed by atoms with E-state index in [9.17, 15) is 4.79 Å². The number of carbonyl (C=O) groups is 1. The Kier molecular flexibility index (Phi) is 8.93. The van der Waals surface area contributed by atoms with Crippen molar-refractivity contribution in [1.29, 1.82) is 0 Å². The fourth-order valence-corrected chi connectivity index (χ4v) is 3.65. The van der Waals surface area contributed by atoms with Gasteiger partial charge in [0.1, 0.15) is 18.1 Å². The third-order valence-electron chi connectivity index (χ3n) is 4.83. The van der Waals surface area contributed by atoms with Crippen LogP contribution >= 0.6 is 15.9 Å². The molecule has 0 aliphatic rings. The molecule has 3 aromatic rings. The van der Waals surface area contributed by atoms with E-state index in [2.05, 4.69) is 26.5 Å². The van der Waals surface area contributed by atoms with E-state index in [1.165, 1.54) is 26.0 Å². The van der Waals surface area contributed by atoms with Gasteiger partial charge in [-0.15, -0.1) is 0 Å². The maximum absolute atomic E-state index is 12.5. The Bertz CT molecular complexity index is 1140. The molecule has 0 aromatic heterocycles. The number of hydrogen-bond donors (Lipinski definition) is 1. The molecule has 7 nitrogen and oxygen atoms in total. The van der Waals surface area contributed by atoms with Crippen LogP contribution in [-0.4, -0.2) is 32.9 Å². The van der Waals surface area contributed by atoms with Gasteiger partial charge in [0.05, 0.1) is 31.5 Å². The molecule has 0 spiro atoms. The van der Waals surface area contributed by atoms with Gasteiger partial charge in [-0.1, -0.05) is 29.8 Å². The zero-order valence-corrected chi connectivity index (χ0v) is 21.1. The summed E-state index contributed by atoms with van der Waals surface area (Å²) >= 11 is 3.56. The van der Waals surface area contributed by atoms with Crippen LogP contribution in [0.2, 0.25) is 0 Å². The summed E-state index contributed by atoms with van der Waals surface area (Å²) in [7, 11) is 3.05. The quantitative estimate of drug-likeness (QED) is 0.278. The molecule has 0 fully saturated rings. The largest absolute Gasteiger partial charge is 0.497 e. The lowest BCUT2D eigenvalue weighted by molar-refractivity contribution is 0.0954. The summed E-state index contributed by atoms with van der Waals surface area (Å²) in [5.74, 6) is 1.82. The molecule has 3 aromatic carbocycles. The fourth-order valence-electron chi connectivity index (χ4n) is 3.07. The van der Waals surface area contributed by atoms with Gasteiger partial charge >= 0.3 is 0 Å². The third-order valence-corrected chi connectivity index (χ3v) is 5.42. The number of aryl methyl sites for hydroxylation is 1. The van der Waals surface area contributed by atoms with Gasteiger partial charge in [-0.05, 0) is 65.2 Å². The predicted molar refractivity (Wildman–Crippen MR) is 135 cm³/mol. The predicted octanol–water partition coefficient (Wildman–Crippen LogP) is 5.52. The van der Waals surface area contributed by atoms with Crippen LogP contribution in [0.4, 0.5) is 0 Å². The average Bonchev–Trinajstić information content (AvgIpc) is 2.84. The van der Waals surface area contributed by atoms with Crippen molar-refractivity contribution >= 4 is 28.1 Å². The number of nitrogens with one attached hydrogen (secondary N) is 1. The number of benzene rings is 3. The summed E-state index contributed by atoms with van der Waals surface area (Å²) in [5.41, 5.74) is 5.86. The second kappa shape index (κ2) is 12.1. The van der Waals surface area contributed by atoms with Crippen LogP contribution in [0.15, 0.2) is 64.2 Å². The van der Waals surface area contributed by atoms with Gasteiger partial charge in [0.25, 0.3) is 5.91 Å². The molecule has 1 amide bonds. The van der Waals surface area contributed by atoms with E-state index in [0.717, 1.165) is 15.6 Å². The molecule has 0 saturated carbocycles. The molecule has 0 radical (unpaired) electrons. The van der Waals surface area contributed by atoms with Crippen molar-refractivity contribution in [1.82, 2.24) is 5.43 Å². The zero-order chi connectivity index (χ0) is 24.5. The Morgan fingerprint density at radius 3 is 2.29 bits per heavy atom. The molecule has 0 heterocycles. The Hall–Kier alpha value is -3.52. The van der Waals surface area contributed by atoms with E-state index >= 15 is 0 Å². The lowest BCUT2D eigenvalue weighted by atomic mass is 10.1. The van der Waals surface area contributed by atoms with Crippen molar-refractivity contribution in [3.05, 3.63) is 81.3 Å². The summed E-state index contributed by atoms with van der Waals surface area (Å²) in [4.78, 5) is 12.5. The monoisotopic (exact) mass is 526 g/mol. The van der Waals surface area contributed by atoms with Gasteiger partial charge in [0, 0.05) is 11.6 Å². The molecular formula is C26H27BrN2O5. The van der Waals surface area contributed by atoms with Crippen molar-refractivity contribution in [2.75, 3.05) is 20.8 Å². The molecule has 0 aliphatic heterocycles. The van der Waals surface area contributed by atoms with Crippen molar-refractivity contribution < 1.29 is 23.7 Å². The smallest absolute Gasteiger partial charge is 0.271 e. The molecule has 0 saturated heterocycles. The van der Waals surface area contributed by atoms with Gasteiger partial charge in [-0.3, -0.25) is 4.79 Å². The molecular weight excluding hydrogens is 500 g/mol. The maximum atomic E-state index is 12.5. The van der Waals surface area contributed by atoms with Crippen molar-refractivity contribution in [3.63, 3.8) is 0 Å². The Morgan fingerprint density at radius 1 is 1.00 bits per heavy atom. The highest BCUT2D eigenvalue weighted by molar-refractivity contribution is 9.10. The highest BCUT2D eigenvalue weighted by Gasteiger charge is 2.13. The van der Waals surface area contributed by atoms with Gasteiger partial charge in [0.15, 0.2) is 11.5 Å². The van der Waals surface area contributed by atoms with E-state index in [0.29, 0.717) is 41.8 Å². The first-order valence-corrected chi connectivity index (χ1v) is 11.4. The molecule has 3 rings (SSSR count). The topological polar surface area (TPSA) is 78.4 Å². The first-order chi connectivity index (χ1) is 16.4. The van der Waals surface area contributed by atoms with Crippen LogP contribution in [0.1, 0.15) is 34.0 Å². The highest BCUT2D eigenvalue weighted by Crippen LogP contribution is 2.37. The van der Waals surface area contributed by atoms with E-state index in [4.69, 9.17) is 18.9 Å². The molecule has 178 valence electrons. The Balaban J connectivity index is 1.73. The molecule has 34 heavy (non-hydrogen) atoms. The summed E-state index contributed by atoms with van der Waals surface area (Å²) in [6.07, 6.45) is 1.53. The van der Waals surface area contributed by atoms with E-state index in [1.807, 2.05) is 50.2 Å². The lowest BCUT2D eigenvalue weighted by Gasteiger charge is -2.15. The van der Waals surface area contributed by atoms with Gasteiger partial charge in [0.2, 0.25) is 0 Å². The normalized spacial score (nSPS) is 10.7. The van der Waals surface area contributed by atoms with Crippen LogP contribution < -0.4 is 24.4 Å². The first-order valence-electron chi connectivity index (χ1n) is 10.6. The molecule has 8 heteroatoms. The van der Waals surface area contributed by atoms with Gasteiger partial charge in [-0.2, -0.15) is 5.10 Å². The number of methoxy groups -OCH3 is 2. The van der Waals surface area contributed by atoms with E-state index in [-0.39, 0.29) is 0 Å². The minimum absolute atomic E-state index is 0.365. The molecule has 0 bridgehead atoms. The number of halogens is 1. The summed E-state index contributed by atoms with van der Waals surface area (Å²) < 4.78 is 22.9. The number of nitrogens with zero attached hydrogens (tertiary/aromatic N) is 1. The average molecular weight is 527 g/mol. The van der Waals surface area contributed by atoms with E-state index in [1.54, 1.807) is 18.2 Å². The third kappa shape index (κ3) is 6.74. The molecule has 0 aliphatic carbocycles. The number of hydrogen-bond acceptors (Lipinski definition) is 6. The van der Waals surface area contributed by atoms with Crippen molar-refractivity contribution in [3.8, 4) is 23.0 Å². The van der Waals surface area contributed by atoms with Gasteiger partial charge in [-0.25, -0.2) is 5.43 Å². The van der Waals surface area contributed by atoms with Crippen LogP contribution in [-0.2, 0) is 6.61 Å². The van der Waals surface area contributed by atoms with Crippen LogP contribution in [0.3, 0.4) is 0 Å². The zero-order valence-electron chi connectivity index (χ0n) is 19.6. The minimum atomic E-state index is -0.393. The van der Waals surface area contributed by atoms with Crippen LogP contribution in [0.5, 0.6) is 23.0 Å². The minimum Gasteiger partial charge on any atom is -0.497 e. The lowest BCUT2D eigenvalue weighted by Crippen LogP contribution is -2.17. The molecule has 0 atom stereocenters. The fraction of sp³-hybridized carbons (Fsp3) is 0.231. The second-order valence-corrected chi connectivity index (χ2v) is 8.19. The standard InChI is InChI=1S/C26H27BrN2O5/c1-5-33-24-11-19(10-23(27)25(24)34-16-18-8-6-17(2)7-9-18)15-28-29-26(30)20-12-21(31-3)14-22(13-20)32-4/h6-15H,5,16H2,1-4H3,(H,29,30)/b28-15-. The highest BCUT2D eigenvalue weighted by atomic mass is 79.9. The number of rotatable bonds is 10. The number of amides is 1. The Labute approximate surface area is 207 Å². The summed E-state index contributed by atoms with van der Waals surface area (Å²) in [6, 6.07) is 16.7. The van der Waals surface area contributed by atoms with Crippen molar-refractivity contribution in [2.45, 2.75) is 20.5 Å². The van der Waals surface area contributed by atoms with Gasteiger partial charge < -0.3 is 18.9 Å². The SMILES string of the molecule is CCOc1cc(/C=N\NC(=O)c2cc(OC)cc(OC)c2)cc(Br)c1OCc1ccc(C)cc1. The van der Waals surface area contributed by atoms with Crippen molar-refractivity contribution in [2.24, 2.45) is 5.10 Å². The number of carbonyl (C=O) groups excluding carboxylic acids is 1. The maximum Gasteiger partial charge on any atom is 0.271 e. The second-order valence-electron chi connectivity index (χ2n) is 7.34. The van der Waals surface area contributed by atoms with Crippen LogP contribution in [0.25, 0.3) is 0 Å². The Morgan fingerprint density at radius 2 is 1.68 bits per heavy atom. The summed E-state index contributed by atoms with van der Waals surface area (Å²) in [6.45, 7) is 4.83. The molecule has 1 N–H and O–H groups in total. The molecule has 0 unspecified atom stereocenters. The van der Waals surface area contributed by atoms with E-state index < -0.39 is 5.91 Å². The number of hydrazone groups is 1.